The summed E-state index contributed by atoms with van der Waals surface area (Å²) in [5, 5.41) is 4.14. The van der Waals surface area contributed by atoms with E-state index in [-0.39, 0.29) is 18.3 Å². The van der Waals surface area contributed by atoms with E-state index in [9.17, 15) is 9.18 Å². The van der Waals surface area contributed by atoms with Crippen molar-refractivity contribution in [1.29, 1.82) is 0 Å². The molecule has 3 heterocycles. The van der Waals surface area contributed by atoms with Crippen molar-refractivity contribution in [3.63, 3.8) is 0 Å². The van der Waals surface area contributed by atoms with Crippen LogP contribution in [-0.4, -0.2) is 19.9 Å². The molecule has 5 rings (SSSR count). The molecule has 0 unspecified atom stereocenters. The standard InChI is InChI=1S/C23H19FN4OS/c1-15-21(12-25-22(29)14-27-11-10-17-4-2-3-5-20(17)27)30-23-26-19(13-28(15)23)16-6-8-18(24)9-7-16/h2-11,13H,12,14H2,1H3,(H,25,29). The summed E-state index contributed by atoms with van der Waals surface area (Å²) in [5.41, 5.74) is 3.77. The molecule has 0 atom stereocenters. The van der Waals surface area contributed by atoms with Crippen LogP contribution in [0.15, 0.2) is 67.0 Å². The fourth-order valence-corrected chi connectivity index (χ4v) is 4.63. The zero-order valence-electron chi connectivity index (χ0n) is 16.3. The molecule has 0 aliphatic rings. The normalized spacial score (nSPS) is 11.4. The first-order chi connectivity index (χ1) is 14.6. The highest BCUT2D eigenvalue weighted by molar-refractivity contribution is 7.17. The van der Waals surface area contributed by atoms with Gasteiger partial charge in [0.15, 0.2) is 4.96 Å². The number of carbonyl (C=O) groups excluding carboxylic acids is 1. The van der Waals surface area contributed by atoms with Crippen molar-refractivity contribution in [2.75, 3.05) is 0 Å². The summed E-state index contributed by atoms with van der Waals surface area (Å²) in [5.74, 6) is -0.296. The Morgan fingerprint density at radius 3 is 2.73 bits per heavy atom. The monoisotopic (exact) mass is 418 g/mol. The number of fused-ring (bicyclic) bond motifs is 2. The minimum atomic E-state index is -0.262. The van der Waals surface area contributed by atoms with Gasteiger partial charge < -0.3 is 9.88 Å². The van der Waals surface area contributed by atoms with Crippen LogP contribution in [0.25, 0.3) is 27.1 Å². The number of hydrogen-bond donors (Lipinski definition) is 1. The first-order valence-electron chi connectivity index (χ1n) is 9.62. The lowest BCUT2D eigenvalue weighted by Crippen LogP contribution is -2.26. The summed E-state index contributed by atoms with van der Waals surface area (Å²) in [7, 11) is 0. The summed E-state index contributed by atoms with van der Waals surface area (Å²) < 4.78 is 17.1. The van der Waals surface area contributed by atoms with Crippen LogP contribution in [-0.2, 0) is 17.9 Å². The molecule has 5 nitrogen and oxygen atoms in total. The molecule has 5 aromatic rings. The van der Waals surface area contributed by atoms with Gasteiger partial charge in [-0.15, -0.1) is 0 Å². The summed E-state index contributed by atoms with van der Waals surface area (Å²) in [6.45, 7) is 2.76. The number of halogens is 1. The van der Waals surface area contributed by atoms with E-state index in [4.69, 9.17) is 0 Å². The summed E-state index contributed by atoms with van der Waals surface area (Å²) >= 11 is 1.55. The average molecular weight is 418 g/mol. The second-order valence-corrected chi connectivity index (χ2v) is 8.24. The largest absolute Gasteiger partial charge is 0.350 e. The van der Waals surface area contributed by atoms with Crippen molar-refractivity contribution >= 4 is 33.1 Å². The van der Waals surface area contributed by atoms with Crippen molar-refractivity contribution in [1.82, 2.24) is 19.3 Å². The molecule has 0 spiro atoms. The maximum atomic E-state index is 13.2. The van der Waals surface area contributed by atoms with E-state index in [1.54, 1.807) is 23.5 Å². The number of nitrogens with zero attached hydrogens (tertiary/aromatic N) is 3. The van der Waals surface area contributed by atoms with Gasteiger partial charge in [0.1, 0.15) is 12.4 Å². The number of para-hydroxylation sites is 1. The molecule has 0 aliphatic carbocycles. The third-order valence-electron chi connectivity index (χ3n) is 5.23. The molecule has 0 saturated carbocycles. The third kappa shape index (κ3) is 3.37. The smallest absolute Gasteiger partial charge is 0.240 e. The Morgan fingerprint density at radius 1 is 1.13 bits per heavy atom. The van der Waals surface area contributed by atoms with E-state index in [0.29, 0.717) is 6.54 Å². The Hall–Kier alpha value is -3.45. The predicted octanol–water partition coefficient (Wildman–Crippen LogP) is 4.78. The van der Waals surface area contributed by atoms with Gasteiger partial charge >= 0.3 is 0 Å². The van der Waals surface area contributed by atoms with E-state index in [1.165, 1.54) is 12.1 Å². The average Bonchev–Trinajstić information content (AvgIpc) is 3.42. The molecule has 0 saturated heterocycles. The molecule has 3 aromatic heterocycles. The van der Waals surface area contributed by atoms with E-state index in [2.05, 4.69) is 10.3 Å². The highest BCUT2D eigenvalue weighted by Gasteiger charge is 2.14. The van der Waals surface area contributed by atoms with Gasteiger partial charge in [-0.1, -0.05) is 29.5 Å². The van der Waals surface area contributed by atoms with Crippen LogP contribution in [0.4, 0.5) is 4.39 Å². The van der Waals surface area contributed by atoms with Crippen LogP contribution in [0.3, 0.4) is 0 Å². The number of imidazole rings is 1. The van der Waals surface area contributed by atoms with Crippen molar-refractivity contribution in [2.24, 2.45) is 0 Å². The molecule has 30 heavy (non-hydrogen) atoms. The Morgan fingerprint density at radius 2 is 1.93 bits per heavy atom. The van der Waals surface area contributed by atoms with Gasteiger partial charge in [0.2, 0.25) is 5.91 Å². The van der Waals surface area contributed by atoms with Gasteiger partial charge in [0.05, 0.1) is 12.2 Å². The number of rotatable bonds is 5. The molecule has 1 N–H and O–H groups in total. The Labute approximate surface area is 176 Å². The quantitative estimate of drug-likeness (QED) is 0.447. The minimum Gasteiger partial charge on any atom is -0.350 e. The van der Waals surface area contributed by atoms with Crippen molar-refractivity contribution in [3.05, 3.63) is 83.4 Å². The van der Waals surface area contributed by atoms with Gasteiger partial charge in [-0.3, -0.25) is 9.20 Å². The van der Waals surface area contributed by atoms with Gasteiger partial charge in [-0.25, -0.2) is 9.37 Å². The van der Waals surface area contributed by atoms with Gasteiger partial charge in [0.25, 0.3) is 0 Å². The summed E-state index contributed by atoms with van der Waals surface area (Å²) in [6.07, 6.45) is 3.89. The van der Waals surface area contributed by atoms with Crippen LogP contribution in [0.2, 0.25) is 0 Å². The number of benzene rings is 2. The number of nitrogens with one attached hydrogen (secondary N) is 1. The van der Waals surface area contributed by atoms with Crippen LogP contribution in [0.5, 0.6) is 0 Å². The highest BCUT2D eigenvalue weighted by atomic mass is 32.1. The first-order valence-corrected chi connectivity index (χ1v) is 10.4. The molecule has 1 amide bonds. The highest BCUT2D eigenvalue weighted by Crippen LogP contribution is 2.27. The maximum Gasteiger partial charge on any atom is 0.240 e. The fourth-order valence-electron chi connectivity index (χ4n) is 3.59. The Balaban J connectivity index is 1.29. The summed E-state index contributed by atoms with van der Waals surface area (Å²) in [6, 6.07) is 16.3. The lowest BCUT2D eigenvalue weighted by Gasteiger charge is -2.07. The fraction of sp³-hybridized carbons (Fsp3) is 0.130. The summed E-state index contributed by atoms with van der Waals surface area (Å²) in [4.78, 5) is 19.1. The van der Waals surface area contributed by atoms with Crippen molar-refractivity contribution in [3.8, 4) is 11.3 Å². The van der Waals surface area contributed by atoms with E-state index >= 15 is 0 Å². The number of carbonyl (C=O) groups is 1. The first kappa shape index (κ1) is 18.6. The Kier molecular flexibility index (Phi) is 4.59. The lowest BCUT2D eigenvalue weighted by molar-refractivity contribution is -0.121. The molecule has 150 valence electrons. The number of amides is 1. The zero-order valence-corrected chi connectivity index (χ0v) is 17.1. The third-order valence-corrected chi connectivity index (χ3v) is 6.39. The topological polar surface area (TPSA) is 51.3 Å². The molecule has 2 aromatic carbocycles. The van der Waals surface area contributed by atoms with Gasteiger partial charge in [-0.2, -0.15) is 0 Å². The number of thiazole rings is 1. The van der Waals surface area contributed by atoms with Gasteiger partial charge in [-0.05, 0) is 48.7 Å². The molecular formula is C23H19FN4OS. The van der Waals surface area contributed by atoms with Gasteiger partial charge in [0, 0.05) is 34.0 Å². The molecule has 0 bridgehead atoms. The number of aromatic nitrogens is 3. The molecule has 0 aliphatic heterocycles. The van der Waals surface area contributed by atoms with Crippen molar-refractivity contribution < 1.29 is 9.18 Å². The zero-order chi connectivity index (χ0) is 20.7. The molecule has 0 radical (unpaired) electrons. The predicted molar refractivity (Wildman–Crippen MR) is 117 cm³/mol. The minimum absolute atomic E-state index is 0.0335. The number of aryl methyl sites for hydroxylation is 1. The van der Waals surface area contributed by atoms with E-state index in [1.807, 2.05) is 58.6 Å². The maximum absolute atomic E-state index is 13.2. The van der Waals surface area contributed by atoms with Crippen LogP contribution in [0, 0.1) is 12.7 Å². The number of hydrogen-bond acceptors (Lipinski definition) is 3. The molecule has 0 fully saturated rings. The second-order valence-electron chi connectivity index (χ2n) is 7.18. The van der Waals surface area contributed by atoms with Crippen molar-refractivity contribution in [2.45, 2.75) is 20.0 Å². The Bertz CT molecular complexity index is 1360. The molecule has 7 heteroatoms. The van der Waals surface area contributed by atoms with E-state index < -0.39 is 0 Å². The van der Waals surface area contributed by atoms with Crippen LogP contribution in [0.1, 0.15) is 10.6 Å². The second kappa shape index (κ2) is 7.42. The van der Waals surface area contributed by atoms with Crippen LogP contribution < -0.4 is 5.32 Å². The lowest BCUT2D eigenvalue weighted by atomic mass is 10.2. The van der Waals surface area contributed by atoms with E-state index in [0.717, 1.165) is 37.7 Å². The van der Waals surface area contributed by atoms with Crippen LogP contribution >= 0.6 is 11.3 Å². The SMILES string of the molecule is Cc1c(CNC(=O)Cn2ccc3ccccc32)sc2nc(-c3ccc(F)cc3)cn12. The molecular weight excluding hydrogens is 399 g/mol.